The molecule has 18 heavy (non-hydrogen) atoms. The predicted octanol–water partition coefficient (Wildman–Crippen LogP) is 3.24. The minimum Gasteiger partial charge on any atom is -0.481 e. The molecule has 0 amide bonds. The van der Waals surface area contributed by atoms with Crippen molar-refractivity contribution in [1.29, 1.82) is 0 Å². The summed E-state index contributed by atoms with van der Waals surface area (Å²) >= 11 is 5.33. The number of ether oxygens (including phenoxy) is 1. The lowest BCUT2D eigenvalue weighted by molar-refractivity contribution is 0.397. The van der Waals surface area contributed by atoms with Crippen LogP contribution >= 0.6 is 12.2 Å². The van der Waals surface area contributed by atoms with Gasteiger partial charge in [0.1, 0.15) is 0 Å². The molecule has 0 unspecified atom stereocenters. The van der Waals surface area contributed by atoms with E-state index in [0.717, 1.165) is 11.4 Å². The molecule has 1 N–H and O–H groups in total. The third-order valence-electron chi connectivity index (χ3n) is 2.73. The van der Waals surface area contributed by atoms with Gasteiger partial charge in [-0.15, -0.1) is 0 Å². The highest BCUT2D eigenvalue weighted by Gasteiger charge is 2.20. The number of methoxy groups -OCH3 is 1. The van der Waals surface area contributed by atoms with Crippen LogP contribution in [-0.4, -0.2) is 21.6 Å². The van der Waals surface area contributed by atoms with E-state index >= 15 is 0 Å². The number of aromatic amines is 1. The summed E-state index contributed by atoms with van der Waals surface area (Å²) in [6.07, 6.45) is 3.71. The molecular weight excluding hydrogens is 246 g/mol. The maximum absolute atomic E-state index is 5.33. The van der Waals surface area contributed by atoms with E-state index in [1.54, 1.807) is 13.3 Å². The van der Waals surface area contributed by atoms with Crippen molar-refractivity contribution in [3.8, 4) is 11.6 Å². The molecule has 4 nitrogen and oxygen atoms in total. The van der Waals surface area contributed by atoms with Gasteiger partial charge in [-0.25, -0.2) is 4.98 Å². The monoisotopic (exact) mass is 263 g/mol. The van der Waals surface area contributed by atoms with Gasteiger partial charge < -0.3 is 9.72 Å². The smallest absolute Gasteiger partial charge is 0.213 e. The molecule has 2 heterocycles. The molecule has 2 aromatic heterocycles. The number of H-pyrrole nitrogens is 1. The Bertz CT molecular complexity index is 590. The zero-order valence-electron chi connectivity index (χ0n) is 11.0. The fourth-order valence-electron chi connectivity index (χ4n) is 1.80. The van der Waals surface area contributed by atoms with Crippen LogP contribution in [0.1, 0.15) is 26.5 Å². The minimum absolute atomic E-state index is 0.00743. The minimum atomic E-state index is 0.00743. The van der Waals surface area contributed by atoms with Gasteiger partial charge in [-0.05, 0) is 18.3 Å². The number of pyridine rings is 1. The van der Waals surface area contributed by atoms with Gasteiger partial charge in [0.05, 0.1) is 19.0 Å². The van der Waals surface area contributed by atoms with Crippen LogP contribution in [0.5, 0.6) is 5.88 Å². The summed E-state index contributed by atoms with van der Waals surface area (Å²) in [7, 11) is 1.60. The normalized spacial score (nSPS) is 11.6. The average Bonchev–Trinajstić information content (AvgIpc) is 2.71. The fraction of sp³-hybridized carbons (Fsp3) is 0.385. The number of nitrogens with one attached hydrogen (secondary N) is 1. The molecule has 0 bridgehead atoms. The summed E-state index contributed by atoms with van der Waals surface area (Å²) in [5.41, 5.74) is 2.07. The topological polar surface area (TPSA) is 42.8 Å². The average molecular weight is 263 g/mol. The number of aromatic nitrogens is 3. The lowest BCUT2D eigenvalue weighted by atomic mass is 9.92. The number of imidazole rings is 1. The second-order valence-corrected chi connectivity index (χ2v) is 5.51. The fourth-order valence-corrected chi connectivity index (χ4v) is 2.07. The second-order valence-electron chi connectivity index (χ2n) is 5.12. The van der Waals surface area contributed by atoms with Crippen molar-refractivity contribution in [2.75, 3.05) is 7.11 Å². The SMILES string of the molecule is COc1ccc(-n2c(C(C)(C)C)c[nH]c2=S)cn1. The van der Waals surface area contributed by atoms with E-state index in [1.807, 2.05) is 22.9 Å². The summed E-state index contributed by atoms with van der Waals surface area (Å²) < 4.78 is 7.73. The van der Waals surface area contributed by atoms with Gasteiger partial charge in [-0.3, -0.25) is 4.57 Å². The molecule has 0 saturated heterocycles. The maximum Gasteiger partial charge on any atom is 0.213 e. The highest BCUT2D eigenvalue weighted by molar-refractivity contribution is 7.71. The van der Waals surface area contributed by atoms with Crippen LogP contribution in [0.3, 0.4) is 0 Å². The van der Waals surface area contributed by atoms with Crippen LogP contribution in [0, 0.1) is 4.77 Å². The van der Waals surface area contributed by atoms with Crippen LogP contribution < -0.4 is 4.74 Å². The van der Waals surface area contributed by atoms with E-state index in [0.29, 0.717) is 10.7 Å². The summed E-state index contributed by atoms with van der Waals surface area (Å²) in [6.45, 7) is 6.45. The molecule has 0 atom stereocenters. The Morgan fingerprint density at radius 1 is 1.33 bits per heavy atom. The van der Waals surface area contributed by atoms with Gasteiger partial charge in [0.15, 0.2) is 4.77 Å². The molecule has 0 aliphatic heterocycles. The van der Waals surface area contributed by atoms with Crippen LogP contribution in [0.2, 0.25) is 0 Å². The molecule has 0 aromatic carbocycles. The van der Waals surface area contributed by atoms with Crippen LogP contribution in [-0.2, 0) is 5.41 Å². The molecule has 0 fully saturated rings. The molecule has 0 aliphatic rings. The lowest BCUT2D eigenvalue weighted by Gasteiger charge is -2.20. The van der Waals surface area contributed by atoms with Gasteiger partial charge in [0.2, 0.25) is 5.88 Å². The predicted molar refractivity (Wildman–Crippen MR) is 74.0 cm³/mol. The Hall–Kier alpha value is -1.62. The number of hydrogen-bond donors (Lipinski definition) is 1. The Morgan fingerprint density at radius 3 is 2.56 bits per heavy atom. The van der Waals surface area contributed by atoms with Gasteiger partial charge >= 0.3 is 0 Å². The first-order chi connectivity index (χ1) is 8.43. The molecule has 2 aromatic rings. The van der Waals surface area contributed by atoms with Gasteiger partial charge in [-0.1, -0.05) is 20.8 Å². The van der Waals surface area contributed by atoms with E-state index in [-0.39, 0.29) is 5.41 Å². The van der Waals surface area contributed by atoms with Gasteiger partial charge in [-0.2, -0.15) is 0 Å². The van der Waals surface area contributed by atoms with E-state index < -0.39 is 0 Å². The highest BCUT2D eigenvalue weighted by Crippen LogP contribution is 2.25. The Morgan fingerprint density at radius 2 is 2.06 bits per heavy atom. The van der Waals surface area contributed by atoms with Crippen molar-refractivity contribution in [3.05, 3.63) is 35.0 Å². The van der Waals surface area contributed by atoms with Crippen molar-refractivity contribution in [2.24, 2.45) is 0 Å². The number of rotatable bonds is 2. The number of hydrogen-bond acceptors (Lipinski definition) is 3. The molecule has 5 heteroatoms. The van der Waals surface area contributed by atoms with Crippen molar-refractivity contribution < 1.29 is 4.74 Å². The van der Waals surface area contributed by atoms with Crippen molar-refractivity contribution in [3.63, 3.8) is 0 Å². The largest absolute Gasteiger partial charge is 0.481 e. The summed E-state index contributed by atoms with van der Waals surface area (Å²) in [5, 5.41) is 0. The molecule has 2 rings (SSSR count). The number of nitrogens with zero attached hydrogens (tertiary/aromatic N) is 2. The molecule has 96 valence electrons. The quantitative estimate of drug-likeness (QED) is 0.846. The first-order valence-corrected chi connectivity index (χ1v) is 6.15. The lowest BCUT2D eigenvalue weighted by Crippen LogP contribution is -2.16. The van der Waals surface area contributed by atoms with E-state index in [1.165, 1.54) is 0 Å². The summed E-state index contributed by atoms with van der Waals surface area (Å²) in [4.78, 5) is 7.30. The molecule has 0 radical (unpaired) electrons. The second kappa shape index (κ2) is 4.57. The standard InChI is InChI=1S/C13H17N3OS/c1-13(2,3)10-8-15-12(18)16(10)9-5-6-11(17-4)14-7-9/h5-8H,1-4H3,(H,15,18). The highest BCUT2D eigenvalue weighted by atomic mass is 32.1. The first kappa shape index (κ1) is 12.8. The molecule has 0 spiro atoms. The zero-order chi connectivity index (χ0) is 13.3. The van der Waals surface area contributed by atoms with Crippen molar-refractivity contribution in [1.82, 2.24) is 14.5 Å². The van der Waals surface area contributed by atoms with E-state index in [4.69, 9.17) is 17.0 Å². The van der Waals surface area contributed by atoms with Crippen LogP contribution in [0.15, 0.2) is 24.5 Å². The van der Waals surface area contributed by atoms with Crippen LogP contribution in [0.4, 0.5) is 0 Å². The van der Waals surface area contributed by atoms with E-state index in [2.05, 4.69) is 30.7 Å². The first-order valence-electron chi connectivity index (χ1n) is 5.75. The Balaban J connectivity index is 2.56. The third-order valence-corrected chi connectivity index (χ3v) is 3.03. The molecule has 0 aliphatic carbocycles. The van der Waals surface area contributed by atoms with Crippen molar-refractivity contribution in [2.45, 2.75) is 26.2 Å². The van der Waals surface area contributed by atoms with Crippen molar-refractivity contribution >= 4 is 12.2 Å². The third kappa shape index (κ3) is 2.31. The summed E-state index contributed by atoms with van der Waals surface area (Å²) in [5.74, 6) is 0.595. The molecule has 0 saturated carbocycles. The zero-order valence-corrected chi connectivity index (χ0v) is 11.8. The maximum atomic E-state index is 5.33. The van der Waals surface area contributed by atoms with E-state index in [9.17, 15) is 0 Å². The summed E-state index contributed by atoms with van der Waals surface area (Å²) in [6, 6.07) is 3.78. The Kier molecular flexibility index (Phi) is 3.26. The Labute approximate surface area is 112 Å². The van der Waals surface area contributed by atoms with Gasteiger partial charge in [0, 0.05) is 23.4 Å². The van der Waals surface area contributed by atoms with Crippen LogP contribution in [0.25, 0.3) is 5.69 Å². The molecular formula is C13H17N3OS. The van der Waals surface area contributed by atoms with Gasteiger partial charge in [0.25, 0.3) is 0 Å².